The summed E-state index contributed by atoms with van der Waals surface area (Å²) in [6.07, 6.45) is 4.14. The lowest BCUT2D eigenvalue weighted by Crippen LogP contribution is -1.92. The van der Waals surface area contributed by atoms with Gasteiger partial charge in [0, 0.05) is 34.1 Å². The van der Waals surface area contributed by atoms with Crippen LogP contribution in [0.25, 0.3) is 16.6 Å². The number of nitrogens with zero attached hydrogens (tertiary/aromatic N) is 2. The number of hydrogen-bond donors (Lipinski definition) is 0. The fourth-order valence-corrected chi connectivity index (χ4v) is 2.44. The van der Waals surface area contributed by atoms with Gasteiger partial charge in [-0.05, 0) is 30.3 Å². The van der Waals surface area contributed by atoms with Crippen LogP contribution in [-0.2, 0) is 0 Å². The van der Waals surface area contributed by atoms with Gasteiger partial charge in [0.15, 0.2) is 11.4 Å². The van der Waals surface area contributed by atoms with Crippen LogP contribution < -0.4 is 0 Å². The molecule has 5 heteroatoms. The van der Waals surface area contributed by atoms with Crippen molar-refractivity contribution in [2.24, 2.45) is 0 Å². The molecule has 2 heterocycles. The van der Waals surface area contributed by atoms with E-state index in [-0.39, 0.29) is 0 Å². The van der Waals surface area contributed by atoms with Gasteiger partial charge in [0.2, 0.25) is 0 Å². The van der Waals surface area contributed by atoms with Gasteiger partial charge in [0.25, 0.3) is 0 Å². The lowest BCUT2D eigenvalue weighted by atomic mass is 10.2. The highest BCUT2D eigenvalue weighted by molar-refractivity contribution is 6.34. The van der Waals surface area contributed by atoms with Crippen molar-refractivity contribution in [3.05, 3.63) is 58.5 Å². The van der Waals surface area contributed by atoms with Crippen molar-refractivity contribution >= 4 is 40.4 Å². The molecule has 19 heavy (non-hydrogen) atoms. The largest absolute Gasteiger partial charge is 0.313 e. The molecule has 0 N–H and O–H groups in total. The number of carbonyl (C=O) groups is 1. The fourth-order valence-electron chi connectivity index (χ4n) is 2.06. The molecule has 0 saturated heterocycles. The lowest BCUT2D eigenvalue weighted by Gasteiger charge is -2.06. The van der Waals surface area contributed by atoms with Gasteiger partial charge >= 0.3 is 0 Å². The van der Waals surface area contributed by atoms with E-state index in [1.807, 2.05) is 16.7 Å². The van der Waals surface area contributed by atoms with Crippen molar-refractivity contribution in [2.75, 3.05) is 0 Å². The smallest absolute Gasteiger partial charge is 0.153 e. The molecule has 3 rings (SSSR count). The SMILES string of the molecule is O=Cc1cn(-c2ccc(Cl)cc2)c2c(Cl)nccc12. The van der Waals surface area contributed by atoms with Crippen LogP contribution in [0.15, 0.2) is 42.7 Å². The summed E-state index contributed by atoms with van der Waals surface area (Å²) in [5.74, 6) is 0. The third-order valence-electron chi connectivity index (χ3n) is 2.93. The maximum Gasteiger partial charge on any atom is 0.153 e. The second kappa shape index (κ2) is 4.68. The van der Waals surface area contributed by atoms with Crippen molar-refractivity contribution in [2.45, 2.75) is 0 Å². The van der Waals surface area contributed by atoms with Crippen LogP contribution in [0.5, 0.6) is 0 Å². The van der Waals surface area contributed by atoms with E-state index in [4.69, 9.17) is 23.2 Å². The molecule has 2 aromatic heterocycles. The Morgan fingerprint density at radius 1 is 1.11 bits per heavy atom. The molecule has 0 aliphatic carbocycles. The number of pyridine rings is 1. The Morgan fingerprint density at radius 2 is 1.84 bits per heavy atom. The Kier molecular flexibility index (Phi) is 3.01. The number of carbonyl (C=O) groups excluding carboxylic acids is 1. The van der Waals surface area contributed by atoms with E-state index in [0.717, 1.165) is 17.4 Å². The number of benzene rings is 1. The number of halogens is 2. The zero-order valence-corrected chi connectivity index (χ0v) is 11.2. The van der Waals surface area contributed by atoms with Crippen LogP contribution in [-0.4, -0.2) is 15.8 Å². The first kappa shape index (κ1) is 12.2. The predicted molar refractivity (Wildman–Crippen MR) is 76.5 cm³/mol. The molecule has 0 amide bonds. The van der Waals surface area contributed by atoms with Crippen LogP contribution in [0.1, 0.15) is 10.4 Å². The molecule has 0 saturated carbocycles. The van der Waals surface area contributed by atoms with Gasteiger partial charge in [-0.15, -0.1) is 0 Å². The van der Waals surface area contributed by atoms with Crippen LogP contribution in [0, 0.1) is 0 Å². The van der Waals surface area contributed by atoms with E-state index >= 15 is 0 Å². The highest BCUT2D eigenvalue weighted by Crippen LogP contribution is 2.28. The molecular formula is C14H8Cl2N2O. The maximum atomic E-state index is 11.1. The third kappa shape index (κ3) is 2.01. The number of fused-ring (bicyclic) bond motifs is 1. The first-order valence-electron chi connectivity index (χ1n) is 5.57. The molecule has 0 aliphatic rings. The number of aldehydes is 1. The van der Waals surface area contributed by atoms with E-state index in [1.54, 1.807) is 30.6 Å². The minimum Gasteiger partial charge on any atom is -0.313 e. The van der Waals surface area contributed by atoms with Gasteiger partial charge in [-0.2, -0.15) is 0 Å². The monoisotopic (exact) mass is 290 g/mol. The average molecular weight is 291 g/mol. The number of rotatable bonds is 2. The Bertz CT molecular complexity index is 763. The summed E-state index contributed by atoms with van der Waals surface area (Å²) in [6.45, 7) is 0. The Labute approximate surface area is 119 Å². The van der Waals surface area contributed by atoms with Gasteiger partial charge in [-0.25, -0.2) is 4.98 Å². The summed E-state index contributed by atoms with van der Waals surface area (Å²) in [5, 5.41) is 1.80. The second-order valence-electron chi connectivity index (χ2n) is 4.05. The molecular weight excluding hydrogens is 283 g/mol. The maximum absolute atomic E-state index is 11.1. The molecule has 0 radical (unpaired) electrons. The molecule has 0 unspecified atom stereocenters. The van der Waals surface area contributed by atoms with E-state index in [1.165, 1.54) is 0 Å². The fraction of sp³-hybridized carbons (Fsp3) is 0. The minimum atomic E-state index is 0.362. The van der Waals surface area contributed by atoms with Crippen LogP contribution in [0.4, 0.5) is 0 Å². The van der Waals surface area contributed by atoms with Gasteiger partial charge in [-0.3, -0.25) is 4.79 Å². The van der Waals surface area contributed by atoms with E-state index < -0.39 is 0 Å². The van der Waals surface area contributed by atoms with Crippen molar-refractivity contribution in [3.63, 3.8) is 0 Å². The van der Waals surface area contributed by atoms with Crippen molar-refractivity contribution in [1.29, 1.82) is 0 Å². The molecule has 0 atom stereocenters. The van der Waals surface area contributed by atoms with Gasteiger partial charge < -0.3 is 4.57 Å². The molecule has 0 spiro atoms. The van der Waals surface area contributed by atoms with Crippen LogP contribution >= 0.6 is 23.2 Å². The summed E-state index contributed by atoms with van der Waals surface area (Å²) < 4.78 is 1.84. The first-order valence-corrected chi connectivity index (χ1v) is 6.33. The standard InChI is InChI=1S/C14H8Cl2N2O/c15-10-1-3-11(4-2-10)18-7-9(8-19)12-5-6-17-14(16)13(12)18/h1-8H. The zero-order valence-electron chi connectivity index (χ0n) is 9.68. The van der Waals surface area contributed by atoms with E-state index in [0.29, 0.717) is 21.3 Å². The Balaban J connectivity index is 2.35. The van der Waals surface area contributed by atoms with Gasteiger partial charge in [0.1, 0.15) is 0 Å². The molecule has 0 aliphatic heterocycles. The van der Waals surface area contributed by atoms with Crippen LogP contribution in [0.2, 0.25) is 10.2 Å². The summed E-state index contributed by atoms with van der Waals surface area (Å²) >= 11 is 12.0. The quantitative estimate of drug-likeness (QED) is 0.525. The molecule has 3 aromatic rings. The van der Waals surface area contributed by atoms with Gasteiger partial charge in [-0.1, -0.05) is 23.2 Å². The van der Waals surface area contributed by atoms with Crippen LogP contribution in [0.3, 0.4) is 0 Å². The summed E-state index contributed by atoms with van der Waals surface area (Å²) in [4.78, 5) is 15.2. The van der Waals surface area contributed by atoms with Gasteiger partial charge in [0.05, 0.1) is 5.52 Å². The summed E-state index contributed by atoms with van der Waals surface area (Å²) in [7, 11) is 0. The number of aromatic nitrogens is 2. The third-order valence-corrected chi connectivity index (χ3v) is 3.46. The van der Waals surface area contributed by atoms with E-state index in [2.05, 4.69) is 4.98 Å². The molecule has 3 nitrogen and oxygen atoms in total. The minimum absolute atomic E-state index is 0.362. The van der Waals surface area contributed by atoms with Crippen molar-refractivity contribution in [1.82, 2.24) is 9.55 Å². The van der Waals surface area contributed by atoms with E-state index in [9.17, 15) is 4.79 Å². The number of hydrogen-bond acceptors (Lipinski definition) is 2. The Hall–Kier alpha value is -1.84. The molecule has 1 aromatic carbocycles. The lowest BCUT2D eigenvalue weighted by molar-refractivity contribution is 0.112. The summed E-state index contributed by atoms with van der Waals surface area (Å²) in [6, 6.07) is 9.07. The molecule has 0 bridgehead atoms. The second-order valence-corrected chi connectivity index (χ2v) is 4.84. The normalized spacial score (nSPS) is 10.8. The topological polar surface area (TPSA) is 34.9 Å². The Morgan fingerprint density at radius 3 is 2.53 bits per heavy atom. The molecule has 94 valence electrons. The first-order chi connectivity index (χ1) is 9.20. The van der Waals surface area contributed by atoms with Crippen molar-refractivity contribution < 1.29 is 4.79 Å². The van der Waals surface area contributed by atoms with Crippen molar-refractivity contribution in [3.8, 4) is 5.69 Å². The highest BCUT2D eigenvalue weighted by atomic mass is 35.5. The summed E-state index contributed by atoms with van der Waals surface area (Å²) in [5.41, 5.74) is 2.17. The average Bonchev–Trinajstić information content (AvgIpc) is 2.80. The predicted octanol–water partition coefficient (Wildman–Crippen LogP) is 4.14. The zero-order chi connectivity index (χ0) is 13.4. The molecule has 0 fully saturated rings. The highest BCUT2D eigenvalue weighted by Gasteiger charge is 2.12.